The van der Waals surface area contributed by atoms with Gasteiger partial charge < -0.3 is 5.11 Å². The highest BCUT2D eigenvalue weighted by molar-refractivity contribution is 6.40. The van der Waals surface area contributed by atoms with Crippen molar-refractivity contribution in [3.8, 4) is 0 Å². The average Bonchev–Trinajstić information content (AvgIpc) is 2.16. The number of hydrogen-bond donors (Lipinski definition) is 1. The largest absolute Gasteiger partial charge is 0.475 e. The van der Waals surface area contributed by atoms with Crippen LogP contribution in [0.2, 0.25) is 0 Å². The fraction of sp³-hybridized carbons (Fsp3) is 0.200. The van der Waals surface area contributed by atoms with E-state index < -0.39 is 11.8 Å². The molecule has 0 aliphatic heterocycles. The van der Waals surface area contributed by atoms with E-state index in [9.17, 15) is 9.59 Å². The SMILES string of the molecule is C=C/C=C(\C=C)C(=O)C(=O)O.CC. The zero-order chi connectivity index (χ0) is 10.9. The molecule has 0 aliphatic rings. The van der Waals surface area contributed by atoms with Gasteiger partial charge in [-0.2, -0.15) is 0 Å². The molecule has 0 saturated heterocycles. The molecule has 72 valence electrons. The monoisotopic (exact) mass is 182 g/mol. The van der Waals surface area contributed by atoms with E-state index in [-0.39, 0.29) is 5.57 Å². The van der Waals surface area contributed by atoms with Gasteiger partial charge in [-0.3, -0.25) is 4.79 Å². The van der Waals surface area contributed by atoms with E-state index in [0.717, 1.165) is 0 Å². The molecule has 0 rings (SSSR count). The number of ketones is 1. The number of hydrogen-bond acceptors (Lipinski definition) is 2. The molecule has 0 unspecified atom stereocenters. The Labute approximate surface area is 78.1 Å². The van der Waals surface area contributed by atoms with Crippen molar-refractivity contribution >= 4 is 11.8 Å². The van der Waals surface area contributed by atoms with Crippen LogP contribution in [-0.4, -0.2) is 16.9 Å². The van der Waals surface area contributed by atoms with Gasteiger partial charge in [-0.25, -0.2) is 4.79 Å². The summed E-state index contributed by atoms with van der Waals surface area (Å²) in [5.74, 6) is -2.46. The number of Topliss-reactive ketones (excluding diaryl/α,β-unsaturated/α-hetero) is 1. The Hall–Kier alpha value is -1.64. The first kappa shape index (κ1) is 13.9. The Morgan fingerprint density at radius 3 is 1.92 bits per heavy atom. The van der Waals surface area contributed by atoms with Crippen LogP contribution in [0.5, 0.6) is 0 Å². The lowest BCUT2D eigenvalue weighted by molar-refractivity contribution is -0.147. The van der Waals surface area contributed by atoms with E-state index in [4.69, 9.17) is 5.11 Å². The van der Waals surface area contributed by atoms with Crippen LogP contribution in [0, 0.1) is 0 Å². The fourth-order valence-corrected chi connectivity index (χ4v) is 0.487. The number of carboxylic acid groups (broad SMARTS) is 1. The van der Waals surface area contributed by atoms with E-state index in [1.165, 1.54) is 18.2 Å². The van der Waals surface area contributed by atoms with E-state index in [1.54, 1.807) is 0 Å². The minimum Gasteiger partial charge on any atom is -0.475 e. The number of allylic oxidation sites excluding steroid dienone is 3. The predicted octanol–water partition coefficient (Wildman–Crippen LogP) is 1.96. The molecule has 0 fully saturated rings. The van der Waals surface area contributed by atoms with E-state index in [2.05, 4.69) is 13.2 Å². The quantitative estimate of drug-likeness (QED) is 0.411. The topological polar surface area (TPSA) is 54.4 Å². The molecule has 1 N–H and O–H groups in total. The van der Waals surface area contributed by atoms with Gasteiger partial charge in [0.1, 0.15) is 0 Å². The Morgan fingerprint density at radius 2 is 1.69 bits per heavy atom. The van der Waals surface area contributed by atoms with Gasteiger partial charge >= 0.3 is 5.97 Å². The smallest absolute Gasteiger partial charge is 0.377 e. The highest BCUT2D eigenvalue weighted by Gasteiger charge is 2.13. The van der Waals surface area contributed by atoms with Crippen LogP contribution in [0.3, 0.4) is 0 Å². The lowest BCUT2D eigenvalue weighted by Crippen LogP contribution is -2.13. The second-order valence-corrected chi connectivity index (χ2v) is 1.70. The number of carboxylic acids is 1. The summed E-state index contributed by atoms with van der Waals surface area (Å²) >= 11 is 0. The molecule has 0 amide bonds. The molecule has 0 aromatic carbocycles. The first-order valence-corrected chi connectivity index (χ1v) is 3.86. The van der Waals surface area contributed by atoms with E-state index >= 15 is 0 Å². The van der Waals surface area contributed by atoms with Crippen molar-refractivity contribution in [3.63, 3.8) is 0 Å². The molecule has 0 bridgehead atoms. The fourth-order valence-electron chi connectivity index (χ4n) is 0.487. The lowest BCUT2D eigenvalue weighted by atomic mass is 10.1. The van der Waals surface area contributed by atoms with Crippen LogP contribution >= 0.6 is 0 Å². The van der Waals surface area contributed by atoms with Crippen LogP contribution in [0.15, 0.2) is 37.0 Å². The second kappa shape index (κ2) is 8.46. The maximum Gasteiger partial charge on any atom is 0.377 e. The summed E-state index contributed by atoms with van der Waals surface area (Å²) in [5.41, 5.74) is 0.0347. The minimum atomic E-state index is -1.49. The minimum absolute atomic E-state index is 0.0347. The standard InChI is InChI=1S/C8H8O3.C2H6/c1-3-5-6(4-2)7(9)8(10)11;1-2/h3-5H,1-2H2,(H,10,11);1-2H3/b6-5+;. The summed E-state index contributed by atoms with van der Waals surface area (Å²) in [6, 6.07) is 0. The van der Waals surface area contributed by atoms with Crippen molar-refractivity contribution in [2.75, 3.05) is 0 Å². The number of aliphatic carboxylic acids is 1. The third-order valence-corrected chi connectivity index (χ3v) is 0.974. The highest BCUT2D eigenvalue weighted by atomic mass is 16.4. The first-order chi connectivity index (χ1) is 6.13. The van der Waals surface area contributed by atoms with Crippen molar-refractivity contribution < 1.29 is 14.7 Å². The summed E-state index contributed by atoms with van der Waals surface area (Å²) < 4.78 is 0. The molecule has 0 aromatic heterocycles. The molecular formula is C10H14O3. The molecule has 0 spiro atoms. The van der Waals surface area contributed by atoms with Gasteiger partial charge in [0.05, 0.1) is 0 Å². The number of carbonyl (C=O) groups is 2. The highest BCUT2D eigenvalue weighted by Crippen LogP contribution is 1.97. The molecule has 3 nitrogen and oxygen atoms in total. The van der Waals surface area contributed by atoms with Crippen LogP contribution < -0.4 is 0 Å². The van der Waals surface area contributed by atoms with Crippen molar-refractivity contribution in [2.24, 2.45) is 0 Å². The summed E-state index contributed by atoms with van der Waals surface area (Å²) in [4.78, 5) is 20.8. The normalized spacial score (nSPS) is 9.23. The van der Waals surface area contributed by atoms with Gasteiger partial charge in [0.25, 0.3) is 5.78 Å². The zero-order valence-corrected chi connectivity index (χ0v) is 7.91. The molecular weight excluding hydrogens is 168 g/mol. The van der Waals surface area contributed by atoms with Crippen molar-refractivity contribution in [3.05, 3.63) is 37.0 Å². The maximum atomic E-state index is 10.7. The summed E-state index contributed by atoms with van der Waals surface area (Å²) in [6.07, 6.45) is 3.80. The molecule has 13 heavy (non-hydrogen) atoms. The molecule has 0 radical (unpaired) electrons. The first-order valence-electron chi connectivity index (χ1n) is 3.86. The van der Waals surface area contributed by atoms with Crippen molar-refractivity contribution in [1.82, 2.24) is 0 Å². The van der Waals surface area contributed by atoms with Gasteiger partial charge in [-0.1, -0.05) is 45.2 Å². The Bertz CT molecular complexity index is 237. The molecule has 0 aliphatic carbocycles. The second-order valence-electron chi connectivity index (χ2n) is 1.70. The van der Waals surface area contributed by atoms with Crippen LogP contribution in [-0.2, 0) is 9.59 Å². The molecule has 0 saturated carbocycles. The van der Waals surface area contributed by atoms with Gasteiger partial charge in [-0.05, 0) is 0 Å². The summed E-state index contributed by atoms with van der Waals surface area (Å²) in [7, 11) is 0. The average molecular weight is 182 g/mol. The van der Waals surface area contributed by atoms with Crippen LogP contribution in [0.25, 0.3) is 0 Å². The van der Waals surface area contributed by atoms with Gasteiger partial charge in [0.2, 0.25) is 0 Å². The van der Waals surface area contributed by atoms with Crippen LogP contribution in [0.1, 0.15) is 13.8 Å². The Balaban J connectivity index is 0. The third kappa shape index (κ3) is 5.61. The van der Waals surface area contributed by atoms with Gasteiger partial charge in [0, 0.05) is 5.57 Å². The Morgan fingerprint density at radius 1 is 1.23 bits per heavy atom. The molecule has 0 atom stereocenters. The van der Waals surface area contributed by atoms with Crippen molar-refractivity contribution in [1.29, 1.82) is 0 Å². The molecule has 0 heterocycles. The lowest BCUT2D eigenvalue weighted by Gasteiger charge is -1.91. The van der Waals surface area contributed by atoms with E-state index in [1.807, 2.05) is 13.8 Å². The predicted molar refractivity (Wildman–Crippen MR) is 52.5 cm³/mol. The summed E-state index contributed by atoms with van der Waals surface area (Å²) in [6.45, 7) is 10.6. The zero-order valence-electron chi connectivity index (χ0n) is 7.91. The van der Waals surface area contributed by atoms with Gasteiger partial charge in [-0.15, -0.1) is 0 Å². The van der Waals surface area contributed by atoms with E-state index in [0.29, 0.717) is 0 Å². The van der Waals surface area contributed by atoms with Crippen molar-refractivity contribution in [2.45, 2.75) is 13.8 Å². The number of rotatable bonds is 4. The maximum absolute atomic E-state index is 10.7. The molecule has 3 heteroatoms. The van der Waals surface area contributed by atoms with Gasteiger partial charge in [0.15, 0.2) is 0 Å². The molecule has 0 aromatic rings. The van der Waals surface area contributed by atoms with Crippen LogP contribution in [0.4, 0.5) is 0 Å². The Kier molecular flexibility index (Phi) is 9.05. The summed E-state index contributed by atoms with van der Waals surface area (Å²) in [5, 5.41) is 8.24. The third-order valence-electron chi connectivity index (χ3n) is 0.974. The number of carbonyl (C=O) groups excluding carboxylic acids is 1.